The van der Waals surface area contributed by atoms with Crippen molar-refractivity contribution in [1.29, 1.82) is 0 Å². The number of halogens is 1. The molecule has 0 aromatic carbocycles. The second-order valence-electron chi connectivity index (χ2n) is 2.06. The molecule has 1 aromatic heterocycles. The zero-order valence-electron chi connectivity index (χ0n) is 5.71. The number of aliphatic hydroxyl groups excluding tert-OH is 1. The molecule has 0 saturated heterocycles. The third-order valence-corrected chi connectivity index (χ3v) is 2.03. The van der Waals surface area contributed by atoms with Crippen LogP contribution in [0.3, 0.4) is 0 Å². The van der Waals surface area contributed by atoms with E-state index in [1.54, 1.807) is 4.68 Å². The first-order chi connectivity index (χ1) is 4.74. The molecule has 3 nitrogen and oxygen atoms in total. The maximum Gasteiger partial charge on any atom is 0.0993 e. The summed E-state index contributed by atoms with van der Waals surface area (Å²) in [5, 5.41) is 12.7. The minimum absolute atomic E-state index is 0.150. The van der Waals surface area contributed by atoms with E-state index in [4.69, 9.17) is 5.11 Å². The highest BCUT2D eigenvalue weighted by atomic mass is 127. The second-order valence-corrected chi connectivity index (χ2v) is 3.16. The van der Waals surface area contributed by atoms with Crippen LogP contribution in [-0.4, -0.2) is 21.5 Å². The van der Waals surface area contributed by atoms with Crippen molar-refractivity contribution in [2.75, 3.05) is 6.61 Å². The largest absolute Gasteiger partial charge is 0.394 e. The summed E-state index contributed by atoms with van der Waals surface area (Å²) in [6.07, 6.45) is 0. The Kier molecular flexibility index (Phi) is 2.67. The van der Waals surface area contributed by atoms with Crippen molar-refractivity contribution in [2.45, 2.75) is 13.5 Å². The molecule has 0 saturated carbocycles. The van der Waals surface area contributed by atoms with Crippen LogP contribution in [-0.2, 0) is 6.54 Å². The van der Waals surface area contributed by atoms with Gasteiger partial charge >= 0.3 is 0 Å². The third-order valence-electron chi connectivity index (χ3n) is 1.16. The highest BCUT2D eigenvalue weighted by Crippen LogP contribution is 2.05. The Bertz CT molecular complexity index is 222. The molecular formula is C6H9IN2O. The highest BCUT2D eigenvalue weighted by Gasteiger charge is 1.99. The van der Waals surface area contributed by atoms with Gasteiger partial charge in [0, 0.05) is 0 Å². The van der Waals surface area contributed by atoms with Gasteiger partial charge in [0.2, 0.25) is 0 Å². The van der Waals surface area contributed by atoms with Crippen molar-refractivity contribution >= 4 is 22.6 Å². The molecule has 4 heteroatoms. The molecule has 0 aliphatic rings. The minimum atomic E-state index is 0.150. The van der Waals surface area contributed by atoms with Crippen LogP contribution in [0.2, 0.25) is 0 Å². The van der Waals surface area contributed by atoms with Gasteiger partial charge in [0.25, 0.3) is 0 Å². The van der Waals surface area contributed by atoms with Gasteiger partial charge in [-0.3, -0.25) is 4.68 Å². The maximum atomic E-state index is 8.59. The molecule has 0 unspecified atom stereocenters. The Hall–Kier alpha value is -0.100. The van der Waals surface area contributed by atoms with Crippen LogP contribution in [0.5, 0.6) is 0 Å². The lowest BCUT2D eigenvalue weighted by Gasteiger charge is -1.97. The molecule has 0 radical (unpaired) electrons. The molecule has 1 rings (SSSR count). The van der Waals surface area contributed by atoms with Crippen LogP contribution in [0, 0.1) is 10.6 Å². The fourth-order valence-electron chi connectivity index (χ4n) is 0.765. The Morgan fingerprint density at radius 2 is 2.50 bits per heavy atom. The van der Waals surface area contributed by atoms with E-state index in [0.29, 0.717) is 6.54 Å². The van der Waals surface area contributed by atoms with Gasteiger partial charge in [0.1, 0.15) is 0 Å². The first kappa shape index (κ1) is 8.00. The summed E-state index contributed by atoms with van der Waals surface area (Å²) in [7, 11) is 0. The van der Waals surface area contributed by atoms with Crippen LogP contribution in [0.25, 0.3) is 0 Å². The molecule has 0 amide bonds. The molecular weight excluding hydrogens is 243 g/mol. The quantitative estimate of drug-likeness (QED) is 0.790. The predicted molar refractivity (Wildman–Crippen MR) is 46.8 cm³/mol. The van der Waals surface area contributed by atoms with E-state index < -0.39 is 0 Å². The Balaban J connectivity index is 2.81. The average Bonchev–Trinajstić information content (AvgIpc) is 2.13. The van der Waals surface area contributed by atoms with E-state index in [9.17, 15) is 0 Å². The van der Waals surface area contributed by atoms with Crippen LogP contribution < -0.4 is 0 Å². The SMILES string of the molecule is Cc1cc(I)n(CCO)n1. The Morgan fingerprint density at radius 1 is 1.80 bits per heavy atom. The molecule has 0 fully saturated rings. The summed E-state index contributed by atoms with van der Waals surface area (Å²) < 4.78 is 2.86. The zero-order valence-corrected chi connectivity index (χ0v) is 7.87. The van der Waals surface area contributed by atoms with E-state index in [0.717, 1.165) is 9.39 Å². The van der Waals surface area contributed by atoms with Crippen molar-refractivity contribution in [3.8, 4) is 0 Å². The van der Waals surface area contributed by atoms with Crippen molar-refractivity contribution in [3.05, 3.63) is 15.5 Å². The normalized spacial score (nSPS) is 10.3. The number of rotatable bonds is 2. The Labute approximate surface area is 73.2 Å². The fourth-order valence-corrected chi connectivity index (χ4v) is 1.57. The van der Waals surface area contributed by atoms with Crippen LogP contribution in [0.15, 0.2) is 6.07 Å². The maximum absolute atomic E-state index is 8.59. The van der Waals surface area contributed by atoms with Gasteiger partial charge in [-0.1, -0.05) is 0 Å². The predicted octanol–water partition coefficient (Wildman–Crippen LogP) is 0.788. The molecule has 1 aromatic rings. The van der Waals surface area contributed by atoms with Crippen molar-refractivity contribution in [2.24, 2.45) is 0 Å². The Morgan fingerprint density at radius 3 is 2.90 bits per heavy atom. The van der Waals surface area contributed by atoms with Crippen molar-refractivity contribution in [1.82, 2.24) is 9.78 Å². The van der Waals surface area contributed by atoms with Gasteiger partial charge in [-0.2, -0.15) is 5.10 Å². The van der Waals surface area contributed by atoms with E-state index in [1.807, 2.05) is 13.0 Å². The minimum Gasteiger partial charge on any atom is -0.394 e. The standard InChI is InChI=1S/C6H9IN2O/c1-5-4-6(7)9(8-5)2-3-10/h4,10H,2-3H2,1H3. The number of aryl methyl sites for hydroxylation is 1. The smallest absolute Gasteiger partial charge is 0.0993 e. The van der Waals surface area contributed by atoms with Gasteiger partial charge < -0.3 is 5.11 Å². The van der Waals surface area contributed by atoms with Gasteiger partial charge in [-0.05, 0) is 35.6 Å². The fraction of sp³-hybridized carbons (Fsp3) is 0.500. The monoisotopic (exact) mass is 252 g/mol. The van der Waals surface area contributed by atoms with E-state index >= 15 is 0 Å². The summed E-state index contributed by atoms with van der Waals surface area (Å²) in [5.41, 5.74) is 0.998. The molecule has 0 spiro atoms. The molecule has 10 heavy (non-hydrogen) atoms. The second kappa shape index (κ2) is 3.34. The van der Waals surface area contributed by atoms with Gasteiger partial charge in [0.15, 0.2) is 0 Å². The lowest BCUT2D eigenvalue weighted by Crippen LogP contribution is -2.05. The lowest BCUT2D eigenvalue weighted by molar-refractivity contribution is 0.267. The summed E-state index contributed by atoms with van der Waals surface area (Å²) in [4.78, 5) is 0. The first-order valence-corrected chi connectivity index (χ1v) is 4.12. The molecule has 1 N–H and O–H groups in total. The number of hydrogen-bond donors (Lipinski definition) is 1. The van der Waals surface area contributed by atoms with Crippen LogP contribution in [0.4, 0.5) is 0 Å². The summed E-state index contributed by atoms with van der Waals surface area (Å²) >= 11 is 2.19. The van der Waals surface area contributed by atoms with Gasteiger partial charge in [-0.25, -0.2) is 0 Å². The van der Waals surface area contributed by atoms with Crippen LogP contribution >= 0.6 is 22.6 Å². The first-order valence-electron chi connectivity index (χ1n) is 3.05. The van der Waals surface area contributed by atoms with E-state index in [-0.39, 0.29) is 6.61 Å². The van der Waals surface area contributed by atoms with Crippen molar-refractivity contribution in [3.63, 3.8) is 0 Å². The number of nitrogens with zero attached hydrogens (tertiary/aromatic N) is 2. The lowest BCUT2D eigenvalue weighted by atomic mass is 10.5. The number of aliphatic hydroxyl groups is 1. The van der Waals surface area contributed by atoms with Crippen LogP contribution in [0.1, 0.15) is 5.69 Å². The van der Waals surface area contributed by atoms with Gasteiger partial charge in [0.05, 0.1) is 22.5 Å². The molecule has 0 bridgehead atoms. The number of hydrogen-bond acceptors (Lipinski definition) is 2. The summed E-state index contributed by atoms with van der Waals surface area (Å²) in [6, 6.07) is 1.98. The van der Waals surface area contributed by atoms with E-state index in [2.05, 4.69) is 27.7 Å². The number of aromatic nitrogens is 2. The van der Waals surface area contributed by atoms with Crippen molar-refractivity contribution < 1.29 is 5.11 Å². The molecule has 0 aliphatic carbocycles. The molecule has 56 valence electrons. The molecule has 0 aliphatic heterocycles. The highest BCUT2D eigenvalue weighted by molar-refractivity contribution is 14.1. The average molecular weight is 252 g/mol. The molecule has 1 heterocycles. The van der Waals surface area contributed by atoms with Gasteiger partial charge in [-0.15, -0.1) is 0 Å². The van der Waals surface area contributed by atoms with E-state index in [1.165, 1.54) is 0 Å². The zero-order chi connectivity index (χ0) is 7.56. The third kappa shape index (κ3) is 1.69. The summed E-state index contributed by atoms with van der Waals surface area (Å²) in [6.45, 7) is 2.68. The molecule has 0 atom stereocenters. The summed E-state index contributed by atoms with van der Waals surface area (Å²) in [5.74, 6) is 0. The topological polar surface area (TPSA) is 38.0 Å².